The van der Waals surface area contributed by atoms with Gasteiger partial charge in [-0.1, -0.05) is 23.8 Å². The summed E-state index contributed by atoms with van der Waals surface area (Å²) in [6.07, 6.45) is 1.89. The van der Waals surface area contributed by atoms with Gasteiger partial charge in [0.2, 0.25) is 5.91 Å². The van der Waals surface area contributed by atoms with Gasteiger partial charge in [-0.25, -0.2) is 0 Å². The predicted octanol–water partition coefficient (Wildman–Crippen LogP) is 4.14. The molecule has 5 heteroatoms. The number of benzene rings is 2. The van der Waals surface area contributed by atoms with Crippen molar-refractivity contribution >= 4 is 11.6 Å². The highest BCUT2D eigenvalue weighted by molar-refractivity contribution is 5.94. The normalized spacial score (nSPS) is 12.6. The number of furan rings is 1. The van der Waals surface area contributed by atoms with Gasteiger partial charge >= 0.3 is 0 Å². The summed E-state index contributed by atoms with van der Waals surface area (Å²) in [6, 6.07) is 17.3. The van der Waals surface area contributed by atoms with E-state index in [2.05, 4.69) is 0 Å². The van der Waals surface area contributed by atoms with E-state index in [1.165, 1.54) is 0 Å². The summed E-state index contributed by atoms with van der Waals surface area (Å²) in [5, 5.41) is 0. The first kappa shape index (κ1) is 17.2. The van der Waals surface area contributed by atoms with Crippen LogP contribution in [-0.2, 0) is 17.8 Å². The lowest BCUT2D eigenvalue weighted by Crippen LogP contribution is -2.31. The summed E-state index contributed by atoms with van der Waals surface area (Å²) < 4.78 is 16.6. The first-order valence-electron chi connectivity index (χ1n) is 8.97. The molecular formula is C22H21NO4. The fourth-order valence-electron chi connectivity index (χ4n) is 3.07. The fraction of sp³-hybridized carbons (Fsp3) is 0.227. The SMILES string of the molecule is Cc1ccc(N(Cc2ccco2)C(=O)Cc2ccc3c(c2)OCCO3)cc1. The summed E-state index contributed by atoms with van der Waals surface area (Å²) >= 11 is 0. The highest BCUT2D eigenvalue weighted by Gasteiger charge is 2.19. The second kappa shape index (κ2) is 7.58. The molecular weight excluding hydrogens is 342 g/mol. The third-order valence-electron chi connectivity index (χ3n) is 4.50. The number of ether oxygens (including phenoxy) is 2. The van der Waals surface area contributed by atoms with Gasteiger partial charge in [0.25, 0.3) is 0 Å². The number of hydrogen-bond donors (Lipinski definition) is 0. The maximum atomic E-state index is 13.1. The summed E-state index contributed by atoms with van der Waals surface area (Å²) in [6.45, 7) is 3.49. The zero-order valence-corrected chi connectivity index (χ0v) is 15.2. The highest BCUT2D eigenvalue weighted by atomic mass is 16.6. The minimum absolute atomic E-state index is 0.00747. The lowest BCUT2D eigenvalue weighted by molar-refractivity contribution is -0.118. The molecule has 0 N–H and O–H groups in total. The minimum Gasteiger partial charge on any atom is -0.486 e. The van der Waals surface area contributed by atoms with Crippen molar-refractivity contribution < 1.29 is 18.7 Å². The number of hydrogen-bond acceptors (Lipinski definition) is 4. The smallest absolute Gasteiger partial charge is 0.231 e. The van der Waals surface area contributed by atoms with E-state index in [1.807, 2.05) is 61.5 Å². The number of carbonyl (C=O) groups is 1. The quantitative estimate of drug-likeness (QED) is 0.684. The van der Waals surface area contributed by atoms with Crippen LogP contribution in [0.5, 0.6) is 11.5 Å². The van der Waals surface area contributed by atoms with Crippen LogP contribution in [0.1, 0.15) is 16.9 Å². The molecule has 0 aliphatic carbocycles. The molecule has 0 spiro atoms. The van der Waals surface area contributed by atoms with Crippen LogP contribution in [0.25, 0.3) is 0 Å². The maximum Gasteiger partial charge on any atom is 0.231 e. The van der Waals surface area contributed by atoms with Crippen molar-refractivity contribution in [1.29, 1.82) is 0 Å². The van der Waals surface area contributed by atoms with Crippen LogP contribution in [0.2, 0.25) is 0 Å². The van der Waals surface area contributed by atoms with Gasteiger partial charge in [-0.05, 0) is 48.9 Å². The van der Waals surface area contributed by atoms with Crippen LogP contribution >= 0.6 is 0 Å². The molecule has 3 aromatic rings. The Bertz CT molecular complexity index is 916. The second-order valence-electron chi connectivity index (χ2n) is 6.55. The largest absolute Gasteiger partial charge is 0.486 e. The van der Waals surface area contributed by atoms with Crippen LogP contribution in [0.3, 0.4) is 0 Å². The van der Waals surface area contributed by atoms with Crippen LogP contribution in [0, 0.1) is 6.92 Å². The average Bonchev–Trinajstić information content (AvgIpc) is 3.20. The molecule has 0 saturated heterocycles. The van der Waals surface area contributed by atoms with Crippen LogP contribution < -0.4 is 14.4 Å². The molecule has 0 unspecified atom stereocenters. The van der Waals surface area contributed by atoms with Gasteiger partial charge < -0.3 is 18.8 Å². The molecule has 0 atom stereocenters. The van der Waals surface area contributed by atoms with Gasteiger partial charge in [0.15, 0.2) is 11.5 Å². The van der Waals surface area contributed by atoms with Gasteiger partial charge in [0.1, 0.15) is 19.0 Å². The number of aryl methyl sites for hydroxylation is 1. The van der Waals surface area contributed by atoms with Gasteiger partial charge in [-0.2, -0.15) is 0 Å². The Morgan fingerprint density at radius 1 is 1.00 bits per heavy atom. The average molecular weight is 363 g/mol. The lowest BCUT2D eigenvalue weighted by atomic mass is 10.1. The number of rotatable bonds is 5. The van der Waals surface area contributed by atoms with Crippen LogP contribution in [-0.4, -0.2) is 19.1 Å². The molecule has 1 aliphatic rings. The van der Waals surface area contributed by atoms with E-state index < -0.39 is 0 Å². The molecule has 1 aromatic heterocycles. The summed E-state index contributed by atoms with van der Waals surface area (Å²) in [7, 11) is 0. The van der Waals surface area contributed by atoms with Crippen molar-refractivity contribution in [3.8, 4) is 11.5 Å². The van der Waals surface area contributed by atoms with Gasteiger partial charge in [-0.3, -0.25) is 4.79 Å². The molecule has 4 rings (SSSR count). The Labute approximate surface area is 158 Å². The fourth-order valence-corrected chi connectivity index (χ4v) is 3.07. The summed E-state index contributed by atoms with van der Waals surface area (Å²) in [4.78, 5) is 14.8. The monoisotopic (exact) mass is 363 g/mol. The number of anilines is 1. The Hall–Kier alpha value is -3.21. The van der Waals surface area contributed by atoms with Crippen molar-refractivity contribution in [3.05, 3.63) is 77.7 Å². The van der Waals surface area contributed by atoms with E-state index in [1.54, 1.807) is 11.2 Å². The molecule has 0 bridgehead atoms. The van der Waals surface area contributed by atoms with Crippen LogP contribution in [0.15, 0.2) is 65.3 Å². The van der Waals surface area contributed by atoms with E-state index in [4.69, 9.17) is 13.9 Å². The van der Waals surface area contributed by atoms with Gasteiger partial charge in [0.05, 0.1) is 19.2 Å². The predicted molar refractivity (Wildman–Crippen MR) is 102 cm³/mol. The van der Waals surface area contributed by atoms with Crippen molar-refractivity contribution in [1.82, 2.24) is 0 Å². The first-order valence-corrected chi connectivity index (χ1v) is 8.97. The Balaban J connectivity index is 1.57. The zero-order chi connectivity index (χ0) is 18.6. The molecule has 5 nitrogen and oxygen atoms in total. The standard InChI is InChI=1S/C22H21NO4/c1-16-4-7-18(8-5-16)23(15-19-3-2-10-25-19)22(24)14-17-6-9-20-21(13-17)27-12-11-26-20/h2-10,13H,11-12,14-15H2,1H3. The molecule has 0 saturated carbocycles. The van der Waals surface area contributed by atoms with Crippen molar-refractivity contribution in [2.45, 2.75) is 19.9 Å². The summed E-state index contributed by atoms with van der Waals surface area (Å²) in [5.41, 5.74) is 2.89. The molecule has 2 heterocycles. The number of nitrogens with zero attached hydrogens (tertiary/aromatic N) is 1. The molecule has 27 heavy (non-hydrogen) atoms. The topological polar surface area (TPSA) is 51.9 Å². The van der Waals surface area contributed by atoms with E-state index in [9.17, 15) is 4.79 Å². The second-order valence-corrected chi connectivity index (χ2v) is 6.55. The minimum atomic E-state index is -0.00747. The van der Waals surface area contributed by atoms with E-state index in [0.717, 1.165) is 28.3 Å². The van der Waals surface area contributed by atoms with E-state index in [0.29, 0.717) is 25.5 Å². The van der Waals surface area contributed by atoms with Crippen molar-refractivity contribution in [2.24, 2.45) is 0 Å². The number of carbonyl (C=O) groups excluding carboxylic acids is 1. The Morgan fingerprint density at radius 2 is 1.78 bits per heavy atom. The van der Waals surface area contributed by atoms with Gasteiger partial charge in [-0.15, -0.1) is 0 Å². The lowest BCUT2D eigenvalue weighted by Gasteiger charge is -2.23. The van der Waals surface area contributed by atoms with Crippen molar-refractivity contribution in [3.63, 3.8) is 0 Å². The molecule has 1 aliphatic heterocycles. The van der Waals surface area contributed by atoms with E-state index in [-0.39, 0.29) is 12.3 Å². The van der Waals surface area contributed by atoms with Crippen molar-refractivity contribution in [2.75, 3.05) is 18.1 Å². The summed E-state index contributed by atoms with van der Waals surface area (Å²) in [5.74, 6) is 2.15. The number of fused-ring (bicyclic) bond motifs is 1. The third kappa shape index (κ3) is 3.97. The maximum absolute atomic E-state index is 13.1. The first-order chi connectivity index (χ1) is 13.2. The molecule has 0 radical (unpaired) electrons. The van der Waals surface area contributed by atoms with E-state index >= 15 is 0 Å². The Kier molecular flexibility index (Phi) is 4.83. The number of amides is 1. The molecule has 0 fully saturated rings. The molecule has 2 aromatic carbocycles. The Morgan fingerprint density at radius 3 is 2.52 bits per heavy atom. The third-order valence-corrected chi connectivity index (χ3v) is 4.50. The molecule has 138 valence electrons. The molecule has 1 amide bonds. The van der Waals surface area contributed by atoms with Crippen LogP contribution in [0.4, 0.5) is 5.69 Å². The highest BCUT2D eigenvalue weighted by Crippen LogP contribution is 2.31. The van der Waals surface area contributed by atoms with Gasteiger partial charge in [0, 0.05) is 5.69 Å². The zero-order valence-electron chi connectivity index (χ0n) is 15.2.